The van der Waals surface area contributed by atoms with Crippen LogP contribution >= 0.6 is 11.6 Å². The monoisotopic (exact) mass is 436 g/mol. The van der Waals surface area contributed by atoms with E-state index in [-0.39, 0.29) is 28.8 Å². The number of hydrogen-bond acceptors (Lipinski definition) is 6. The van der Waals surface area contributed by atoms with Crippen molar-refractivity contribution in [1.29, 1.82) is 0 Å². The first-order chi connectivity index (χ1) is 14.3. The van der Waals surface area contributed by atoms with Crippen molar-refractivity contribution in [1.82, 2.24) is 15.1 Å². The summed E-state index contributed by atoms with van der Waals surface area (Å²) in [6.45, 7) is 0.570. The van der Waals surface area contributed by atoms with Crippen LogP contribution in [0.4, 0.5) is 5.69 Å². The van der Waals surface area contributed by atoms with Crippen molar-refractivity contribution in [3.8, 4) is 0 Å². The predicted octanol–water partition coefficient (Wildman–Crippen LogP) is 1.32. The van der Waals surface area contributed by atoms with Gasteiger partial charge in [0.2, 0.25) is 11.8 Å². The van der Waals surface area contributed by atoms with E-state index in [0.29, 0.717) is 44.7 Å². The van der Waals surface area contributed by atoms with E-state index in [0.717, 1.165) is 17.0 Å². The number of likely N-dealkylation sites (tertiary alicyclic amines) is 1. The van der Waals surface area contributed by atoms with Gasteiger partial charge >= 0.3 is 0 Å². The minimum Gasteiger partial charge on any atom is -0.352 e. The normalized spacial score (nSPS) is 16.6. The van der Waals surface area contributed by atoms with E-state index in [1.165, 1.54) is 6.07 Å². The minimum absolute atomic E-state index is 0.0422. The second-order valence-corrected chi connectivity index (χ2v) is 7.58. The molecule has 0 unspecified atom stereocenters. The number of rotatable bonds is 7. The van der Waals surface area contributed by atoms with Crippen molar-refractivity contribution in [3.63, 3.8) is 0 Å². The Morgan fingerprint density at radius 1 is 1.17 bits per heavy atom. The van der Waals surface area contributed by atoms with E-state index >= 15 is 0 Å². The van der Waals surface area contributed by atoms with E-state index in [2.05, 4.69) is 5.32 Å². The fraction of sp³-hybridized carbons (Fsp3) is 0.474. The minimum atomic E-state index is -0.728. The van der Waals surface area contributed by atoms with E-state index < -0.39 is 29.2 Å². The van der Waals surface area contributed by atoms with Gasteiger partial charge in [-0.25, -0.2) is 0 Å². The zero-order valence-corrected chi connectivity index (χ0v) is 16.9. The smallest absolute Gasteiger partial charge is 0.270 e. The van der Waals surface area contributed by atoms with E-state index in [1.54, 1.807) is 4.90 Å². The molecule has 0 aliphatic carbocycles. The summed E-state index contributed by atoms with van der Waals surface area (Å²) in [7, 11) is 0. The molecule has 3 rings (SSSR count). The molecule has 0 radical (unpaired) electrons. The number of hydrogen-bond donors (Lipinski definition) is 1. The molecule has 0 saturated carbocycles. The molecule has 1 saturated heterocycles. The summed E-state index contributed by atoms with van der Waals surface area (Å²) in [5.74, 6) is -1.40. The topological polar surface area (TPSA) is 130 Å². The van der Waals surface area contributed by atoms with Crippen molar-refractivity contribution in [2.24, 2.45) is 0 Å². The lowest BCUT2D eigenvalue weighted by molar-refractivity contribution is -0.384. The first-order valence-corrected chi connectivity index (χ1v) is 10.1. The lowest BCUT2D eigenvalue weighted by Crippen LogP contribution is -2.49. The molecular formula is C19H21ClN4O6. The Hall–Kier alpha value is -3.01. The molecule has 2 heterocycles. The SMILES string of the molecule is O=C(CN1C(=O)c2ccc([N+](=O)[O-])cc2C1=O)NC1CCN(C(=O)CCCCl)CC1. The van der Waals surface area contributed by atoms with Gasteiger partial charge in [0, 0.05) is 43.6 Å². The molecule has 160 valence electrons. The van der Waals surface area contributed by atoms with Gasteiger partial charge in [-0.05, 0) is 25.3 Å². The van der Waals surface area contributed by atoms with Crippen LogP contribution in [0.2, 0.25) is 0 Å². The van der Waals surface area contributed by atoms with Crippen LogP contribution in [0.25, 0.3) is 0 Å². The van der Waals surface area contributed by atoms with Crippen molar-refractivity contribution >= 4 is 40.9 Å². The molecule has 10 nitrogen and oxygen atoms in total. The highest BCUT2D eigenvalue weighted by molar-refractivity contribution is 6.22. The van der Waals surface area contributed by atoms with Crippen molar-refractivity contribution < 1.29 is 24.1 Å². The van der Waals surface area contributed by atoms with Gasteiger partial charge in [-0.1, -0.05) is 0 Å². The van der Waals surface area contributed by atoms with Gasteiger partial charge in [0.05, 0.1) is 16.1 Å². The van der Waals surface area contributed by atoms with Crippen LogP contribution in [-0.4, -0.2) is 69.9 Å². The third-order valence-electron chi connectivity index (χ3n) is 5.20. The van der Waals surface area contributed by atoms with Crippen LogP contribution in [0, 0.1) is 10.1 Å². The molecule has 0 aromatic heterocycles. The zero-order valence-electron chi connectivity index (χ0n) is 16.1. The lowest BCUT2D eigenvalue weighted by atomic mass is 10.0. The molecule has 1 aromatic carbocycles. The maximum absolute atomic E-state index is 12.5. The van der Waals surface area contributed by atoms with Gasteiger partial charge in [0.1, 0.15) is 6.54 Å². The van der Waals surface area contributed by atoms with Crippen LogP contribution in [0.3, 0.4) is 0 Å². The number of benzene rings is 1. The van der Waals surface area contributed by atoms with Crippen LogP contribution in [0.15, 0.2) is 18.2 Å². The van der Waals surface area contributed by atoms with Gasteiger partial charge in [-0.3, -0.25) is 34.2 Å². The number of nitrogens with one attached hydrogen (secondary N) is 1. The van der Waals surface area contributed by atoms with E-state index in [1.807, 2.05) is 0 Å². The molecule has 2 aliphatic rings. The van der Waals surface area contributed by atoms with Crippen molar-refractivity contribution in [2.75, 3.05) is 25.5 Å². The molecule has 1 aromatic rings. The van der Waals surface area contributed by atoms with Crippen molar-refractivity contribution in [2.45, 2.75) is 31.7 Å². The third-order valence-corrected chi connectivity index (χ3v) is 5.47. The van der Waals surface area contributed by atoms with Gasteiger partial charge in [-0.15, -0.1) is 11.6 Å². The molecule has 1 fully saturated rings. The number of imide groups is 1. The summed E-state index contributed by atoms with van der Waals surface area (Å²) in [5, 5.41) is 13.7. The first kappa shape index (κ1) is 21.7. The summed E-state index contributed by atoms with van der Waals surface area (Å²) in [4.78, 5) is 62.0. The second kappa shape index (κ2) is 9.21. The Kier molecular flexibility index (Phi) is 6.66. The average molecular weight is 437 g/mol. The van der Waals surface area contributed by atoms with Crippen LogP contribution < -0.4 is 5.32 Å². The van der Waals surface area contributed by atoms with Gasteiger partial charge in [0.25, 0.3) is 17.5 Å². The Bertz CT molecular complexity index is 897. The van der Waals surface area contributed by atoms with Gasteiger partial charge < -0.3 is 10.2 Å². The molecule has 30 heavy (non-hydrogen) atoms. The average Bonchev–Trinajstić information content (AvgIpc) is 2.96. The molecule has 4 amide bonds. The molecule has 0 spiro atoms. The number of halogens is 1. The number of amides is 4. The highest BCUT2D eigenvalue weighted by Gasteiger charge is 2.38. The Morgan fingerprint density at radius 3 is 2.47 bits per heavy atom. The number of nitrogens with zero attached hydrogens (tertiary/aromatic N) is 3. The number of carbonyl (C=O) groups is 4. The first-order valence-electron chi connectivity index (χ1n) is 9.59. The maximum atomic E-state index is 12.5. The standard InChI is InChI=1S/C19H21ClN4O6/c20-7-1-2-17(26)22-8-5-12(6-9-22)21-16(25)11-23-18(27)14-4-3-13(24(29)30)10-15(14)19(23)28/h3-4,10,12H,1-2,5-9,11H2,(H,21,25). The zero-order chi connectivity index (χ0) is 21.8. The predicted molar refractivity (Wildman–Crippen MR) is 106 cm³/mol. The highest BCUT2D eigenvalue weighted by atomic mass is 35.5. The molecule has 0 atom stereocenters. The summed E-state index contributed by atoms with van der Waals surface area (Å²) < 4.78 is 0. The fourth-order valence-corrected chi connectivity index (χ4v) is 3.74. The largest absolute Gasteiger partial charge is 0.352 e. The molecular weight excluding hydrogens is 416 g/mol. The summed E-state index contributed by atoms with van der Waals surface area (Å²) in [6, 6.07) is 3.26. The summed E-state index contributed by atoms with van der Waals surface area (Å²) in [6.07, 6.45) is 2.18. The lowest BCUT2D eigenvalue weighted by Gasteiger charge is -2.32. The molecule has 11 heteroatoms. The number of nitro groups is 1. The van der Waals surface area contributed by atoms with Crippen molar-refractivity contribution in [3.05, 3.63) is 39.4 Å². The van der Waals surface area contributed by atoms with Crippen LogP contribution in [0.5, 0.6) is 0 Å². The molecule has 2 aliphatic heterocycles. The van der Waals surface area contributed by atoms with Crippen LogP contribution in [0.1, 0.15) is 46.4 Å². The van der Waals surface area contributed by atoms with Crippen LogP contribution in [-0.2, 0) is 9.59 Å². The van der Waals surface area contributed by atoms with E-state index in [9.17, 15) is 29.3 Å². The number of carbonyl (C=O) groups excluding carboxylic acids is 4. The number of alkyl halides is 1. The number of piperidine rings is 1. The Morgan fingerprint density at radius 2 is 1.83 bits per heavy atom. The Balaban J connectivity index is 1.53. The highest BCUT2D eigenvalue weighted by Crippen LogP contribution is 2.26. The quantitative estimate of drug-likeness (QED) is 0.297. The maximum Gasteiger partial charge on any atom is 0.270 e. The number of nitro benzene ring substituents is 1. The Labute approximate surface area is 177 Å². The fourth-order valence-electron chi connectivity index (χ4n) is 3.60. The van der Waals surface area contributed by atoms with Gasteiger partial charge in [0.15, 0.2) is 0 Å². The van der Waals surface area contributed by atoms with Gasteiger partial charge in [-0.2, -0.15) is 0 Å². The summed E-state index contributed by atoms with van der Waals surface area (Å²) >= 11 is 5.61. The van der Waals surface area contributed by atoms with E-state index in [4.69, 9.17) is 11.6 Å². The second-order valence-electron chi connectivity index (χ2n) is 7.20. The number of non-ortho nitro benzene ring substituents is 1. The number of fused-ring (bicyclic) bond motifs is 1. The molecule has 0 bridgehead atoms. The summed E-state index contributed by atoms with van der Waals surface area (Å²) in [5.41, 5.74) is -0.332. The molecule has 1 N–H and O–H groups in total. The third kappa shape index (κ3) is 4.59.